The second kappa shape index (κ2) is 11.7. The zero-order valence-electron chi connectivity index (χ0n) is 21.8. The molecule has 8 heteroatoms. The van der Waals surface area contributed by atoms with Gasteiger partial charge in [0.05, 0.1) is 11.4 Å². The molecule has 1 aromatic heterocycles. The van der Waals surface area contributed by atoms with Crippen LogP contribution in [0.15, 0.2) is 126 Å². The minimum absolute atomic E-state index is 0.0461. The van der Waals surface area contributed by atoms with Gasteiger partial charge < -0.3 is 4.57 Å². The number of fused-ring (bicyclic) bond motifs is 1. The summed E-state index contributed by atoms with van der Waals surface area (Å²) in [5.74, 6) is -0.0616. The van der Waals surface area contributed by atoms with E-state index < -0.39 is 11.8 Å². The van der Waals surface area contributed by atoms with Crippen molar-refractivity contribution in [3.8, 4) is 0 Å². The molecule has 2 amide bonds. The molecule has 1 aliphatic heterocycles. The Kier molecular flexibility index (Phi) is 7.74. The molecule has 1 saturated heterocycles. The van der Waals surface area contributed by atoms with E-state index in [-0.39, 0.29) is 10.7 Å². The van der Waals surface area contributed by atoms with E-state index in [1.54, 1.807) is 17.8 Å². The molecule has 0 saturated carbocycles. The highest BCUT2D eigenvalue weighted by Gasteiger charge is 2.41. The number of amides is 2. The number of carbonyl (C=O) groups is 2. The Balaban J connectivity index is 1.38. The number of nitrogens with zero attached hydrogens (tertiary/aromatic N) is 3. The summed E-state index contributed by atoms with van der Waals surface area (Å²) in [4.78, 5) is 31.9. The first-order valence-electron chi connectivity index (χ1n) is 13.0. The van der Waals surface area contributed by atoms with E-state index in [4.69, 9.17) is 23.8 Å². The fourth-order valence-electron chi connectivity index (χ4n) is 4.86. The number of anilines is 2. The van der Waals surface area contributed by atoms with E-state index in [2.05, 4.69) is 10.6 Å². The fraction of sp³-hybridized carbons (Fsp3) is 0.0606. The standard InChI is InChI=1S/C33H24ClN3O2S2/c34-24-15-17-27(18-16-24)41-20-19-35-22-23(28-13-7-8-14-30(28)35)21-29-31(38)36(25-9-3-1-4-10-25)33(40)37(32(29)39)26-11-5-2-6-12-26/h1-18,21-22H,19-20H2. The van der Waals surface area contributed by atoms with Gasteiger partial charge in [-0.2, -0.15) is 0 Å². The van der Waals surface area contributed by atoms with Crippen molar-refractivity contribution in [2.75, 3.05) is 15.6 Å². The number of para-hydroxylation sites is 3. The number of hydrogen-bond acceptors (Lipinski definition) is 4. The van der Waals surface area contributed by atoms with Gasteiger partial charge in [0, 0.05) is 44.9 Å². The normalized spacial score (nSPS) is 13.8. The van der Waals surface area contributed by atoms with Crippen LogP contribution in [0.1, 0.15) is 5.56 Å². The number of hydrogen-bond donors (Lipinski definition) is 0. The predicted molar refractivity (Wildman–Crippen MR) is 173 cm³/mol. The summed E-state index contributed by atoms with van der Waals surface area (Å²) in [6.45, 7) is 0.745. The van der Waals surface area contributed by atoms with Gasteiger partial charge >= 0.3 is 0 Å². The largest absolute Gasteiger partial charge is 0.346 e. The molecule has 0 aliphatic carbocycles. The van der Waals surface area contributed by atoms with Crippen LogP contribution in [0.2, 0.25) is 5.02 Å². The lowest BCUT2D eigenvalue weighted by Crippen LogP contribution is -2.56. The zero-order valence-corrected chi connectivity index (χ0v) is 24.2. The Labute approximate surface area is 252 Å². The van der Waals surface area contributed by atoms with E-state index in [1.165, 1.54) is 9.80 Å². The highest BCUT2D eigenvalue weighted by atomic mass is 35.5. The van der Waals surface area contributed by atoms with Gasteiger partial charge in [-0.3, -0.25) is 19.4 Å². The Bertz CT molecular complexity index is 1720. The number of thiocarbonyl (C=S) groups is 1. The van der Waals surface area contributed by atoms with Crippen LogP contribution < -0.4 is 9.80 Å². The van der Waals surface area contributed by atoms with Gasteiger partial charge in [0.2, 0.25) is 0 Å². The number of aryl methyl sites for hydroxylation is 1. The molecule has 0 spiro atoms. The zero-order chi connectivity index (χ0) is 28.3. The van der Waals surface area contributed by atoms with Crippen LogP contribution in [0.3, 0.4) is 0 Å². The Morgan fingerprint density at radius 2 is 1.29 bits per heavy atom. The maximum atomic E-state index is 13.9. The van der Waals surface area contributed by atoms with Gasteiger partial charge in [0.15, 0.2) is 5.11 Å². The quantitative estimate of drug-likeness (QED) is 0.0835. The lowest BCUT2D eigenvalue weighted by molar-refractivity contribution is -0.120. The molecule has 1 fully saturated rings. The highest BCUT2D eigenvalue weighted by molar-refractivity contribution is 7.99. The van der Waals surface area contributed by atoms with Crippen LogP contribution in [-0.4, -0.2) is 27.2 Å². The van der Waals surface area contributed by atoms with Crippen molar-refractivity contribution >= 4 is 80.9 Å². The second-order valence-corrected chi connectivity index (χ2v) is 11.4. The monoisotopic (exact) mass is 593 g/mol. The molecule has 1 aliphatic rings. The van der Waals surface area contributed by atoms with Crippen molar-refractivity contribution in [1.29, 1.82) is 0 Å². The van der Waals surface area contributed by atoms with Crippen LogP contribution in [0.5, 0.6) is 0 Å². The van der Waals surface area contributed by atoms with Crippen molar-refractivity contribution in [2.24, 2.45) is 0 Å². The van der Waals surface area contributed by atoms with Gasteiger partial charge in [-0.05, 0) is 72.9 Å². The Morgan fingerprint density at radius 3 is 1.90 bits per heavy atom. The molecule has 202 valence electrons. The molecule has 4 aromatic carbocycles. The van der Waals surface area contributed by atoms with Gasteiger partial charge in [-0.25, -0.2) is 0 Å². The first-order chi connectivity index (χ1) is 20.0. The summed E-state index contributed by atoms with van der Waals surface area (Å²) in [5, 5.41) is 1.80. The molecule has 0 N–H and O–H groups in total. The molecular formula is C33H24ClN3O2S2. The third kappa shape index (κ3) is 5.44. The van der Waals surface area contributed by atoms with E-state index in [9.17, 15) is 9.59 Å². The number of carbonyl (C=O) groups excluding carboxylic acids is 2. The summed E-state index contributed by atoms with van der Waals surface area (Å²) in [6, 6.07) is 34.2. The summed E-state index contributed by atoms with van der Waals surface area (Å²) < 4.78 is 2.16. The molecule has 0 bridgehead atoms. The number of thioether (sulfide) groups is 1. The first-order valence-corrected chi connectivity index (χ1v) is 14.8. The summed E-state index contributed by atoms with van der Waals surface area (Å²) >= 11 is 13.5. The number of rotatable bonds is 7. The van der Waals surface area contributed by atoms with Crippen LogP contribution in [0, 0.1) is 0 Å². The van der Waals surface area contributed by atoms with E-state index in [0.717, 1.165) is 33.7 Å². The Morgan fingerprint density at radius 1 is 0.732 bits per heavy atom. The van der Waals surface area contributed by atoms with E-state index in [1.807, 2.05) is 109 Å². The molecular weight excluding hydrogens is 570 g/mol. The van der Waals surface area contributed by atoms with Crippen LogP contribution >= 0.6 is 35.6 Å². The number of aromatic nitrogens is 1. The minimum Gasteiger partial charge on any atom is -0.346 e. The van der Waals surface area contributed by atoms with Crippen molar-refractivity contribution in [2.45, 2.75) is 11.4 Å². The molecule has 41 heavy (non-hydrogen) atoms. The molecule has 0 unspecified atom stereocenters. The van der Waals surface area contributed by atoms with Crippen molar-refractivity contribution in [3.63, 3.8) is 0 Å². The molecule has 2 heterocycles. The van der Waals surface area contributed by atoms with Gasteiger partial charge in [0.1, 0.15) is 5.57 Å². The van der Waals surface area contributed by atoms with Crippen molar-refractivity contribution in [3.05, 3.63) is 132 Å². The number of benzene rings is 4. The molecule has 0 atom stereocenters. The average Bonchev–Trinajstić information content (AvgIpc) is 3.35. The average molecular weight is 594 g/mol. The van der Waals surface area contributed by atoms with Gasteiger partial charge in [-0.1, -0.05) is 66.2 Å². The Hall–Kier alpha value is -4.17. The summed E-state index contributed by atoms with van der Waals surface area (Å²) in [5.41, 5.74) is 3.07. The second-order valence-electron chi connectivity index (χ2n) is 9.39. The predicted octanol–water partition coefficient (Wildman–Crippen LogP) is 7.84. The van der Waals surface area contributed by atoms with E-state index in [0.29, 0.717) is 16.4 Å². The molecule has 0 radical (unpaired) electrons. The van der Waals surface area contributed by atoms with Gasteiger partial charge in [-0.15, -0.1) is 11.8 Å². The maximum absolute atomic E-state index is 13.9. The minimum atomic E-state index is -0.450. The SMILES string of the molecule is O=C1C(=Cc2cn(CCSc3ccc(Cl)cc3)c3ccccc23)C(=O)N(c2ccccc2)C(=S)N1c1ccccc1. The van der Waals surface area contributed by atoms with Gasteiger partial charge in [0.25, 0.3) is 11.8 Å². The lowest BCUT2D eigenvalue weighted by Gasteiger charge is -2.36. The summed E-state index contributed by atoms with van der Waals surface area (Å²) in [7, 11) is 0. The third-order valence-corrected chi connectivity index (χ3v) is 8.42. The number of halogens is 1. The van der Waals surface area contributed by atoms with Crippen molar-refractivity contribution < 1.29 is 9.59 Å². The maximum Gasteiger partial charge on any atom is 0.270 e. The lowest BCUT2D eigenvalue weighted by atomic mass is 10.0. The molecule has 5 nitrogen and oxygen atoms in total. The van der Waals surface area contributed by atoms with Crippen LogP contribution in [0.4, 0.5) is 11.4 Å². The fourth-order valence-corrected chi connectivity index (χ4v) is 6.22. The van der Waals surface area contributed by atoms with Crippen LogP contribution in [0.25, 0.3) is 17.0 Å². The third-order valence-electron chi connectivity index (χ3n) is 6.81. The summed E-state index contributed by atoms with van der Waals surface area (Å²) in [6.07, 6.45) is 3.71. The van der Waals surface area contributed by atoms with Crippen LogP contribution in [-0.2, 0) is 16.1 Å². The van der Waals surface area contributed by atoms with Crippen molar-refractivity contribution in [1.82, 2.24) is 4.57 Å². The van der Waals surface area contributed by atoms with E-state index >= 15 is 0 Å². The first kappa shape index (κ1) is 27.0. The smallest absolute Gasteiger partial charge is 0.270 e. The molecule has 6 rings (SSSR count). The highest BCUT2D eigenvalue weighted by Crippen LogP contribution is 2.32. The molecule has 5 aromatic rings. The topological polar surface area (TPSA) is 45.6 Å².